The highest BCUT2D eigenvalue weighted by Crippen LogP contribution is 2.30. The fourth-order valence-electron chi connectivity index (χ4n) is 2.18. The van der Waals surface area contributed by atoms with Gasteiger partial charge in [0.25, 0.3) is 0 Å². The molecule has 1 N–H and O–H groups in total. The van der Waals surface area contributed by atoms with Crippen LogP contribution in [0.15, 0.2) is 18.2 Å². The first-order valence-electron chi connectivity index (χ1n) is 7.29. The van der Waals surface area contributed by atoms with E-state index in [1.54, 1.807) is 7.11 Å². The van der Waals surface area contributed by atoms with Crippen LogP contribution in [0, 0.1) is 0 Å². The molecule has 0 radical (unpaired) electrons. The van der Waals surface area contributed by atoms with Crippen LogP contribution in [0.1, 0.15) is 11.4 Å². The highest BCUT2D eigenvalue weighted by atomic mass is 32.1. The van der Waals surface area contributed by atoms with Gasteiger partial charge in [0, 0.05) is 31.6 Å². The van der Waals surface area contributed by atoms with Gasteiger partial charge < -0.3 is 19.5 Å². The fraction of sp³-hybridized carbons (Fsp3) is 0.467. The Bertz CT molecular complexity index is 618. The monoisotopic (exact) mass is 321 g/mol. The standard InChI is InChI=1S/C15H19N3O3S/c1-19-7-5-14-17-15(22-18-14)16-6-4-11-2-3-12-13(10-11)21-9-8-20-12/h2-3,10H,4-9H2,1H3,(H,16,17,18). The first-order chi connectivity index (χ1) is 10.8. The average molecular weight is 321 g/mol. The molecule has 7 heteroatoms. The summed E-state index contributed by atoms with van der Waals surface area (Å²) in [6.07, 6.45) is 1.64. The highest BCUT2D eigenvalue weighted by molar-refractivity contribution is 7.09. The Morgan fingerprint density at radius 3 is 2.95 bits per heavy atom. The minimum absolute atomic E-state index is 0.615. The molecule has 1 aromatic carbocycles. The summed E-state index contributed by atoms with van der Waals surface area (Å²) in [5, 5.41) is 4.15. The average Bonchev–Trinajstić information content (AvgIpc) is 3.00. The Hall–Kier alpha value is -1.86. The second-order valence-corrected chi connectivity index (χ2v) is 5.67. The summed E-state index contributed by atoms with van der Waals surface area (Å²) in [7, 11) is 1.68. The molecule has 3 rings (SSSR count). The minimum atomic E-state index is 0.615. The number of hydrogen-bond acceptors (Lipinski definition) is 7. The number of rotatable bonds is 7. The molecule has 1 aliphatic rings. The van der Waals surface area contributed by atoms with Gasteiger partial charge in [-0.05, 0) is 24.1 Å². The maximum atomic E-state index is 5.59. The molecule has 0 saturated heterocycles. The van der Waals surface area contributed by atoms with Crippen LogP contribution in [-0.4, -0.2) is 42.8 Å². The Kier molecular flexibility index (Phi) is 5.07. The second-order valence-electron chi connectivity index (χ2n) is 4.91. The van der Waals surface area contributed by atoms with E-state index < -0.39 is 0 Å². The quantitative estimate of drug-likeness (QED) is 0.843. The number of hydrogen-bond donors (Lipinski definition) is 1. The number of nitrogens with one attached hydrogen (secondary N) is 1. The lowest BCUT2D eigenvalue weighted by Crippen LogP contribution is -2.15. The molecular formula is C15H19N3O3S. The van der Waals surface area contributed by atoms with E-state index in [-0.39, 0.29) is 0 Å². The van der Waals surface area contributed by atoms with Crippen LogP contribution in [0.25, 0.3) is 0 Å². The third-order valence-corrected chi connectivity index (χ3v) is 4.00. The van der Waals surface area contributed by atoms with Gasteiger partial charge in [0.1, 0.15) is 19.0 Å². The molecule has 6 nitrogen and oxygen atoms in total. The van der Waals surface area contributed by atoms with E-state index in [9.17, 15) is 0 Å². The van der Waals surface area contributed by atoms with E-state index in [1.807, 2.05) is 12.1 Å². The molecule has 0 fully saturated rings. The molecule has 0 aliphatic carbocycles. The van der Waals surface area contributed by atoms with Gasteiger partial charge in [-0.15, -0.1) is 0 Å². The van der Waals surface area contributed by atoms with E-state index in [2.05, 4.69) is 20.7 Å². The maximum Gasteiger partial charge on any atom is 0.202 e. The molecule has 1 aromatic heterocycles. The SMILES string of the molecule is COCCc1nsc(NCCc2ccc3c(c2)OCCO3)n1. The topological polar surface area (TPSA) is 65.5 Å². The summed E-state index contributed by atoms with van der Waals surface area (Å²) in [4.78, 5) is 4.42. The number of anilines is 1. The molecule has 0 spiro atoms. The zero-order valence-corrected chi connectivity index (χ0v) is 13.3. The van der Waals surface area contributed by atoms with Crippen molar-refractivity contribution in [1.82, 2.24) is 9.36 Å². The number of methoxy groups -OCH3 is 1. The van der Waals surface area contributed by atoms with Crippen molar-refractivity contribution in [3.05, 3.63) is 29.6 Å². The summed E-state index contributed by atoms with van der Waals surface area (Å²) >= 11 is 1.39. The van der Waals surface area contributed by atoms with E-state index in [4.69, 9.17) is 14.2 Å². The first-order valence-corrected chi connectivity index (χ1v) is 8.06. The third kappa shape index (κ3) is 3.86. The smallest absolute Gasteiger partial charge is 0.202 e. The molecule has 0 unspecified atom stereocenters. The summed E-state index contributed by atoms with van der Waals surface area (Å²) in [5.74, 6) is 2.49. The summed E-state index contributed by atoms with van der Waals surface area (Å²) in [6, 6.07) is 6.08. The second kappa shape index (κ2) is 7.42. The molecule has 118 valence electrons. The van der Waals surface area contributed by atoms with Crippen LogP contribution in [0.4, 0.5) is 5.13 Å². The number of ether oxygens (including phenoxy) is 3. The molecule has 1 aliphatic heterocycles. The van der Waals surface area contributed by atoms with Crippen molar-refractivity contribution in [3.8, 4) is 11.5 Å². The molecule has 0 bridgehead atoms. The van der Waals surface area contributed by atoms with Crippen molar-refractivity contribution >= 4 is 16.7 Å². The van der Waals surface area contributed by atoms with Crippen molar-refractivity contribution in [3.63, 3.8) is 0 Å². The lowest BCUT2D eigenvalue weighted by atomic mass is 10.1. The molecule has 2 heterocycles. The van der Waals surface area contributed by atoms with Crippen molar-refractivity contribution in [2.75, 3.05) is 38.8 Å². The van der Waals surface area contributed by atoms with Crippen LogP contribution in [0.5, 0.6) is 11.5 Å². The van der Waals surface area contributed by atoms with E-state index >= 15 is 0 Å². The van der Waals surface area contributed by atoms with Crippen LogP contribution >= 0.6 is 11.5 Å². The minimum Gasteiger partial charge on any atom is -0.486 e. The van der Waals surface area contributed by atoms with Crippen molar-refractivity contribution in [2.24, 2.45) is 0 Å². The first kappa shape index (κ1) is 15.1. The van der Waals surface area contributed by atoms with Gasteiger partial charge in [0.15, 0.2) is 11.5 Å². The molecular weight excluding hydrogens is 302 g/mol. The number of nitrogens with zero attached hydrogens (tertiary/aromatic N) is 2. The van der Waals surface area contributed by atoms with E-state index in [0.717, 1.165) is 41.8 Å². The zero-order chi connectivity index (χ0) is 15.2. The Morgan fingerprint density at radius 2 is 2.09 bits per heavy atom. The Morgan fingerprint density at radius 1 is 1.23 bits per heavy atom. The molecule has 22 heavy (non-hydrogen) atoms. The lowest BCUT2D eigenvalue weighted by molar-refractivity contribution is 0.171. The van der Waals surface area contributed by atoms with Crippen molar-refractivity contribution in [1.29, 1.82) is 0 Å². The fourth-order valence-corrected chi connectivity index (χ4v) is 2.81. The third-order valence-electron chi connectivity index (χ3n) is 3.29. The number of benzene rings is 1. The Balaban J connectivity index is 1.49. The van der Waals surface area contributed by atoms with Gasteiger partial charge in [-0.1, -0.05) is 6.07 Å². The van der Waals surface area contributed by atoms with E-state index in [1.165, 1.54) is 17.1 Å². The van der Waals surface area contributed by atoms with Crippen molar-refractivity contribution < 1.29 is 14.2 Å². The van der Waals surface area contributed by atoms with Crippen LogP contribution < -0.4 is 14.8 Å². The normalized spacial score (nSPS) is 13.1. The van der Waals surface area contributed by atoms with E-state index in [0.29, 0.717) is 19.8 Å². The van der Waals surface area contributed by atoms with Crippen LogP contribution in [0.3, 0.4) is 0 Å². The number of aromatic nitrogens is 2. The largest absolute Gasteiger partial charge is 0.486 e. The van der Waals surface area contributed by atoms with Gasteiger partial charge in [0.2, 0.25) is 5.13 Å². The zero-order valence-electron chi connectivity index (χ0n) is 12.5. The van der Waals surface area contributed by atoms with Crippen molar-refractivity contribution in [2.45, 2.75) is 12.8 Å². The number of fused-ring (bicyclic) bond motifs is 1. The molecule has 0 amide bonds. The molecule has 0 atom stereocenters. The van der Waals surface area contributed by atoms with Gasteiger partial charge in [0.05, 0.1) is 6.61 Å². The van der Waals surface area contributed by atoms with Gasteiger partial charge >= 0.3 is 0 Å². The van der Waals surface area contributed by atoms with Gasteiger partial charge in [-0.3, -0.25) is 0 Å². The lowest BCUT2D eigenvalue weighted by Gasteiger charge is -2.18. The summed E-state index contributed by atoms with van der Waals surface area (Å²) in [5.41, 5.74) is 1.21. The summed E-state index contributed by atoms with van der Waals surface area (Å²) < 4.78 is 20.4. The Labute approximate surface area is 133 Å². The molecule has 0 saturated carbocycles. The van der Waals surface area contributed by atoms with Gasteiger partial charge in [-0.25, -0.2) is 4.98 Å². The summed E-state index contributed by atoms with van der Waals surface area (Å²) in [6.45, 7) is 2.69. The van der Waals surface area contributed by atoms with Gasteiger partial charge in [-0.2, -0.15) is 4.37 Å². The highest BCUT2D eigenvalue weighted by Gasteiger charge is 2.11. The van der Waals surface area contributed by atoms with Crippen LogP contribution in [-0.2, 0) is 17.6 Å². The van der Waals surface area contributed by atoms with Crippen LogP contribution in [0.2, 0.25) is 0 Å². The molecule has 2 aromatic rings. The maximum absolute atomic E-state index is 5.59. The predicted octanol–water partition coefficient (Wildman–Crippen LogP) is 2.15. The predicted molar refractivity (Wildman–Crippen MR) is 85.1 cm³/mol.